The predicted octanol–water partition coefficient (Wildman–Crippen LogP) is 4.31. The highest BCUT2D eigenvalue weighted by Gasteiger charge is 2.14. The molecule has 0 spiro atoms. The van der Waals surface area contributed by atoms with Gasteiger partial charge in [-0.25, -0.2) is 18.7 Å². The number of para-hydroxylation sites is 1. The first-order chi connectivity index (χ1) is 12.6. The van der Waals surface area contributed by atoms with Gasteiger partial charge in [-0.05, 0) is 44.2 Å². The fourth-order valence-corrected chi connectivity index (χ4v) is 2.81. The van der Waals surface area contributed by atoms with Gasteiger partial charge in [0.25, 0.3) is 5.91 Å². The zero-order valence-electron chi connectivity index (χ0n) is 14.3. The highest BCUT2D eigenvalue weighted by molar-refractivity contribution is 6.02. The van der Waals surface area contributed by atoms with Crippen LogP contribution in [-0.2, 0) is 0 Å². The Kier molecular flexibility index (Phi) is 5.88. The highest BCUT2D eigenvalue weighted by Crippen LogP contribution is 2.20. The number of hydrogen-bond donors (Lipinski definition) is 2. The minimum absolute atomic E-state index is 0.0202. The molecule has 2 N–H and O–H groups in total. The molecule has 1 aliphatic carbocycles. The van der Waals surface area contributed by atoms with E-state index in [2.05, 4.69) is 26.7 Å². The molecule has 0 saturated carbocycles. The number of nitrogens with one attached hydrogen (secondary N) is 2. The van der Waals surface area contributed by atoms with Crippen molar-refractivity contribution in [2.75, 3.05) is 17.2 Å². The van der Waals surface area contributed by atoms with E-state index in [1.807, 2.05) is 0 Å². The fraction of sp³-hybridized carbons (Fsp3) is 0.316. The van der Waals surface area contributed by atoms with Gasteiger partial charge in [0.1, 0.15) is 28.8 Å². The van der Waals surface area contributed by atoms with Gasteiger partial charge in [0.15, 0.2) is 0 Å². The van der Waals surface area contributed by atoms with Crippen molar-refractivity contribution in [2.24, 2.45) is 0 Å². The van der Waals surface area contributed by atoms with Crippen LogP contribution in [0.3, 0.4) is 0 Å². The Balaban J connectivity index is 1.55. The van der Waals surface area contributed by atoms with Crippen LogP contribution in [0.15, 0.2) is 42.2 Å². The molecule has 1 amide bonds. The molecule has 0 fully saturated rings. The topological polar surface area (TPSA) is 66.9 Å². The maximum atomic E-state index is 13.6. The van der Waals surface area contributed by atoms with E-state index in [1.165, 1.54) is 36.9 Å². The summed E-state index contributed by atoms with van der Waals surface area (Å²) in [4.78, 5) is 20.2. The molecule has 26 heavy (non-hydrogen) atoms. The van der Waals surface area contributed by atoms with E-state index in [-0.39, 0.29) is 5.69 Å². The van der Waals surface area contributed by atoms with Crippen molar-refractivity contribution in [3.05, 3.63) is 59.6 Å². The normalized spacial score (nSPS) is 13.8. The van der Waals surface area contributed by atoms with Crippen LogP contribution in [0.2, 0.25) is 0 Å². The molecule has 2 aromatic rings. The SMILES string of the molecule is O=C(Nc1c(F)cccc1F)c1cnc(NCCC2=CCCCC2)cn1. The summed E-state index contributed by atoms with van der Waals surface area (Å²) >= 11 is 0. The zero-order chi connectivity index (χ0) is 18.4. The third-order valence-corrected chi connectivity index (χ3v) is 4.22. The van der Waals surface area contributed by atoms with Gasteiger partial charge in [0.2, 0.25) is 0 Å². The van der Waals surface area contributed by atoms with Crippen LogP contribution in [0.1, 0.15) is 42.6 Å². The van der Waals surface area contributed by atoms with Crippen LogP contribution < -0.4 is 10.6 Å². The molecule has 136 valence electrons. The summed E-state index contributed by atoms with van der Waals surface area (Å²) in [6, 6.07) is 3.36. The molecule has 5 nitrogen and oxygen atoms in total. The third kappa shape index (κ3) is 4.62. The molecule has 0 radical (unpaired) electrons. The van der Waals surface area contributed by atoms with Crippen molar-refractivity contribution in [1.29, 1.82) is 0 Å². The number of aromatic nitrogens is 2. The average Bonchev–Trinajstić information content (AvgIpc) is 2.66. The molecule has 3 rings (SSSR count). The molecule has 0 bridgehead atoms. The van der Waals surface area contributed by atoms with E-state index in [0.29, 0.717) is 5.82 Å². The van der Waals surface area contributed by atoms with E-state index >= 15 is 0 Å². The summed E-state index contributed by atoms with van der Waals surface area (Å²) < 4.78 is 27.2. The first kappa shape index (κ1) is 18.0. The van der Waals surface area contributed by atoms with Gasteiger partial charge in [-0.15, -0.1) is 0 Å². The monoisotopic (exact) mass is 358 g/mol. The summed E-state index contributed by atoms with van der Waals surface area (Å²) in [7, 11) is 0. The number of carbonyl (C=O) groups excluding carboxylic acids is 1. The third-order valence-electron chi connectivity index (χ3n) is 4.22. The standard InChI is InChI=1S/C19H20F2N4O/c20-14-7-4-8-15(21)18(14)25-19(26)16-11-24-17(12-23-16)22-10-9-13-5-2-1-3-6-13/h4-5,7-8,11-12H,1-3,6,9-10H2,(H,22,24)(H,25,26). The minimum Gasteiger partial charge on any atom is -0.368 e. The van der Waals surface area contributed by atoms with Crippen LogP contribution in [0, 0.1) is 11.6 Å². The summed E-state index contributed by atoms with van der Waals surface area (Å²) in [6.07, 6.45) is 10.8. The smallest absolute Gasteiger partial charge is 0.276 e. The van der Waals surface area contributed by atoms with E-state index < -0.39 is 23.2 Å². The lowest BCUT2D eigenvalue weighted by molar-refractivity contribution is 0.102. The zero-order valence-corrected chi connectivity index (χ0v) is 14.3. The summed E-state index contributed by atoms with van der Waals surface area (Å²) in [5.41, 5.74) is 0.940. The van der Waals surface area contributed by atoms with Crippen molar-refractivity contribution in [2.45, 2.75) is 32.1 Å². The second-order valence-electron chi connectivity index (χ2n) is 6.12. The van der Waals surface area contributed by atoms with Crippen LogP contribution in [0.4, 0.5) is 20.3 Å². The first-order valence-electron chi connectivity index (χ1n) is 8.62. The summed E-state index contributed by atoms with van der Waals surface area (Å²) in [5.74, 6) is -1.86. The van der Waals surface area contributed by atoms with E-state index in [9.17, 15) is 13.6 Å². The molecule has 1 aromatic carbocycles. The first-order valence-corrected chi connectivity index (χ1v) is 8.62. The molecule has 7 heteroatoms. The van der Waals surface area contributed by atoms with Crippen molar-refractivity contribution >= 4 is 17.4 Å². The number of benzene rings is 1. The Bertz CT molecular complexity index is 785. The number of nitrogens with zero attached hydrogens (tertiary/aromatic N) is 2. The number of allylic oxidation sites excluding steroid dienone is 1. The summed E-state index contributed by atoms with van der Waals surface area (Å²) in [5, 5.41) is 5.34. The number of halogens is 2. The van der Waals surface area contributed by atoms with Gasteiger partial charge >= 0.3 is 0 Å². The Morgan fingerprint density at radius 1 is 1.12 bits per heavy atom. The van der Waals surface area contributed by atoms with Crippen molar-refractivity contribution in [1.82, 2.24) is 9.97 Å². The molecule has 1 aliphatic rings. The molecular weight excluding hydrogens is 338 g/mol. The fourth-order valence-electron chi connectivity index (χ4n) is 2.81. The Morgan fingerprint density at radius 2 is 1.92 bits per heavy atom. The number of rotatable bonds is 6. The molecule has 0 aliphatic heterocycles. The Hall–Kier alpha value is -2.83. The van der Waals surface area contributed by atoms with Crippen LogP contribution in [0.5, 0.6) is 0 Å². The maximum absolute atomic E-state index is 13.6. The molecule has 0 unspecified atom stereocenters. The van der Waals surface area contributed by atoms with E-state index in [0.717, 1.165) is 37.9 Å². The molecule has 0 atom stereocenters. The second-order valence-corrected chi connectivity index (χ2v) is 6.12. The highest BCUT2D eigenvalue weighted by atomic mass is 19.1. The van der Waals surface area contributed by atoms with Gasteiger partial charge in [-0.3, -0.25) is 4.79 Å². The average molecular weight is 358 g/mol. The van der Waals surface area contributed by atoms with Gasteiger partial charge in [-0.2, -0.15) is 0 Å². The lowest BCUT2D eigenvalue weighted by Gasteiger charge is -2.13. The Labute approximate surface area is 150 Å². The van der Waals surface area contributed by atoms with Crippen molar-refractivity contribution < 1.29 is 13.6 Å². The molecular formula is C19H20F2N4O. The van der Waals surface area contributed by atoms with E-state index in [1.54, 1.807) is 0 Å². The number of amides is 1. The minimum atomic E-state index is -0.846. The largest absolute Gasteiger partial charge is 0.368 e. The number of carbonyl (C=O) groups is 1. The van der Waals surface area contributed by atoms with Crippen LogP contribution in [-0.4, -0.2) is 22.4 Å². The molecule has 0 saturated heterocycles. The number of anilines is 2. The van der Waals surface area contributed by atoms with Gasteiger partial charge in [-0.1, -0.05) is 17.7 Å². The predicted molar refractivity (Wildman–Crippen MR) is 96.0 cm³/mol. The van der Waals surface area contributed by atoms with Gasteiger partial charge in [0, 0.05) is 6.54 Å². The van der Waals surface area contributed by atoms with E-state index in [4.69, 9.17) is 0 Å². The van der Waals surface area contributed by atoms with Crippen molar-refractivity contribution in [3.63, 3.8) is 0 Å². The van der Waals surface area contributed by atoms with Crippen LogP contribution in [0.25, 0.3) is 0 Å². The summed E-state index contributed by atoms with van der Waals surface area (Å²) in [6.45, 7) is 0.743. The van der Waals surface area contributed by atoms with Crippen LogP contribution >= 0.6 is 0 Å². The molecule has 1 aromatic heterocycles. The lowest BCUT2D eigenvalue weighted by atomic mass is 9.97. The molecule has 1 heterocycles. The van der Waals surface area contributed by atoms with Crippen molar-refractivity contribution in [3.8, 4) is 0 Å². The lowest BCUT2D eigenvalue weighted by Crippen LogP contribution is -2.16. The second kappa shape index (κ2) is 8.51. The quantitative estimate of drug-likeness (QED) is 0.755. The number of hydrogen-bond acceptors (Lipinski definition) is 4. The van der Waals surface area contributed by atoms with Gasteiger partial charge < -0.3 is 10.6 Å². The van der Waals surface area contributed by atoms with Gasteiger partial charge in [0.05, 0.1) is 12.4 Å². The Morgan fingerprint density at radius 3 is 2.58 bits per heavy atom. The maximum Gasteiger partial charge on any atom is 0.276 e.